The molecule has 3 aromatic rings. The van der Waals surface area contributed by atoms with E-state index in [-0.39, 0.29) is 0 Å². The maximum absolute atomic E-state index is 11.6. The van der Waals surface area contributed by atoms with Gasteiger partial charge in [-0.25, -0.2) is 29.0 Å². The molecule has 2 aromatic heterocycles. The number of quaternary nitrogens is 1. The summed E-state index contributed by atoms with van der Waals surface area (Å²) in [5.74, 6) is -1.86. The number of likely N-dealkylation sites (tertiary alicyclic amines) is 1. The Kier molecular flexibility index (Phi) is 8.02. The topological polar surface area (TPSA) is 151 Å². The third-order valence-electron chi connectivity index (χ3n) is 5.74. The van der Waals surface area contributed by atoms with Gasteiger partial charge in [-0.1, -0.05) is 5.21 Å². The number of aromatic nitrogens is 6. The molecule has 12 nitrogen and oxygen atoms in total. The zero-order valence-corrected chi connectivity index (χ0v) is 19.6. The van der Waals surface area contributed by atoms with Crippen LogP contribution in [0.5, 0.6) is 5.75 Å². The average Bonchev–Trinajstić information content (AvgIpc) is 3.40. The largest absolute Gasteiger partial charge is 0.542 e. The Balaban J connectivity index is 0.000000454. The molecule has 1 aromatic carbocycles. The van der Waals surface area contributed by atoms with Crippen LogP contribution < -0.4 is 21.2 Å². The Morgan fingerprint density at radius 1 is 1.14 bits per heavy atom. The molecule has 0 atom stereocenters. The van der Waals surface area contributed by atoms with Gasteiger partial charge < -0.3 is 19.1 Å². The number of rotatable bonds is 6. The minimum Gasteiger partial charge on any atom is -0.542 e. The van der Waals surface area contributed by atoms with Gasteiger partial charge in [0.15, 0.2) is 0 Å². The van der Waals surface area contributed by atoms with Gasteiger partial charge in [0.25, 0.3) is 0 Å². The number of carbonyl (C=O) groups is 1. The van der Waals surface area contributed by atoms with Crippen molar-refractivity contribution in [1.29, 1.82) is 0 Å². The molecular weight excluding hydrogens is 487 g/mol. The number of piperidine rings is 1. The summed E-state index contributed by atoms with van der Waals surface area (Å²) < 4.78 is 41.2. The molecular formula is C21H26F3N7O5. The normalized spacial score (nSPS) is 15.7. The summed E-state index contributed by atoms with van der Waals surface area (Å²) in [6.07, 6.45) is -0.893. The molecule has 4 rings (SSSR count). The first-order valence-electron chi connectivity index (χ1n) is 11.0. The van der Waals surface area contributed by atoms with Crippen LogP contribution in [0.3, 0.4) is 0 Å². The van der Waals surface area contributed by atoms with Crippen LogP contribution in [0, 0.1) is 0 Å². The number of carbonyl (C=O) groups excluding carboxylic acids is 1. The second-order valence-electron chi connectivity index (χ2n) is 8.89. The second-order valence-corrected chi connectivity index (χ2v) is 8.89. The summed E-state index contributed by atoms with van der Waals surface area (Å²) >= 11 is 0. The number of ether oxygens (including phenoxy) is 1. The van der Waals surface area contributed by atoms with Crippen LogP contribution in [0.4, 0.5) is 13.2 Å². The monoisotopic (exact) mass is 513 g/mol. The molecule has 0 aliphatic carbocycles. The molecule has 15 heteroatoms. The van der Waals surface area contributed by atoms with Gasteiger partial charge in [0, 0.05) is 25.0 Å². The molecule has 1 fully saturated rings. The summed E-state index contributed by atoms with van der Waals surface area (Å²) in [6.45, 7) is 3.37. The van der Waals surface area contributed by atoms with Gasteiger partial charge in [-0.15, -0.1) is 5.10 Å². The number of alkyl halides is 3. The van der Waals surface area contributed by atoms with Gasteiger partial charge >= 0.3 is 17.6 Å². The lowest BCUT2D eigenvalue weighted by Crippen LogP contribution is -2.45. The molecule has 196 valence electrons. The van der Waals surface area contributed by atoms with Crippen LogP contribution in [-0.2, 0) is 11.3 Å². The quantitative estimate of drug-likeness (QED) is 0.433. The zero-order chi connectivity index (χ0) is 26.5. The van der Waals surface area contributed by atoms with Crippen LogP contribution >= 0.6 is 0 Å². The maximum Gasteiger partial charge on any atom is 0.430 e. The lowest BCUT2D eigenvalue weighted by molar-refractivity contribution is -0.895. The number of carboxylic acid groups (broad SMARTS) is 1. The molecule has 0 amide bonds. The van der Waals surface area contributed by atoms with Gasteiger partial charge in [0.2, 0.25) is 0 Å². The fourth-order valence-electron chi connectivity index (χ4n) is 3.67. The molecule has 36 heavy (non-hydrogen) atoms. The first-order valence-corrected chi connectivity index (χ1v) is 11.0. The standard InChI is InChI=1S/C19H25N7O3.C2HF3O2/c1-26(2)10-7-14(8-11-26)17-13-24(23-20-17)9-12-29-16-5-3-15(4-6-16)25-18(27)21-22-19(25)28;3-2(4,5)1(6)7/h3-6,13-14H,7-12H2,1-2H3,(H-,20,21,22,23,27,28);(H,6,7). The van der Waals surface area contributed by atoms with Crippen molar-refractivity contribution >= 4 is 5.97 Å². The maximum atomic E-state index is 11.6. The molecule has 0 spiro atoms. The van der Waals surface area contributed by atoms with E-state index in [0.29, 0.717) is 30.5 Å². The molecule has 0 radical (unpaired) electrons. The van der Waals surface area contributed by atoms with Crippen molar-refractivity contribution in [2.75, 3.05) is 33.8 Å². The van der Waals surface area contributed by atoms with Gasteiger partial charge in [-0.05, 0) is 24.3 Å². The highest BCUT2D eigenvalue weighted by molar-refractivity contribution is 5.70. The number of hydrogen-bond acceptors (Lipinski definition) is 7. The Bertz CT molecular complexity index is 1240. The number of nitrogens with zero attached hydrogens (tertiary/aromatic N) is 5. The fraction of sp³-hybridized carbons (Fsp3) is 0.476. The van der Waals surface area contributed by atoms with Crippen molar-refractivity contribution in [1.82, 2.24) is 29.8 Å². The molecule has 0 bridgehead atoms. The minimum absolute atomic E-state index is 0.446. The molecule has 1 aliphatic rings. The highest BCUT2D eigenvalue weighted by Gasteiger charge is 2.29. The number of halogens is 3. The van der Waals surface area contributed by atoms with E-state index in [4.69, 9.17) is 14.6 Å². The third kappa shape index (κ3) is 7.07. The van der Waals surface area contributed by atoms with E-state index < -0.39 is 23.5 Å². The molecule has 3 heterocycles. The number of aliphatic carboxylic acids is 1. The van der Waals surface area contributed by atoms with Crippen molar-refractivity contribution in [2.24, 2.45) is 0 Å². The van der Waals surface area contributed by atoms with Crippen molar-refractivity contribution in [3.8, 4) is 11.4 Å². The average molecular weight is 513 g/mol. The number of carboxylic acids is 1. The van der Waals surface area contributed by atoms with E-state index in [1.165, 1.54) is 0 Å². The van der Waals surface area contributed by atoms with Crippen LogP contribution in [-0.4, -0.2) is 80.2 Å². The Morgan fingerprint density at radius 2 is 1.69 bits per heavy atom. The van der Waals surface area contributed by atoms with E-state index in [2.05, 4.69) is 34.6 Å². The van der Waals surface area contributed by atoms with Crippen LogP contribution in [0.25, 0.3) is 5.69 Å². The third-order valence-corrected chi connectivity index (χ3v) is 5.74. The van der Waals surface area contributed by atoms with Gasteiger partial charge in [0.05, 0.1) is 45.1 Å². The van der Waals surface area contributed by atoms with Gasteiger partial charge in [-0.2, -0.15) is 13.2 Å². The highest BCUT2D eigenvalue weighted by atomic mass is 19.4. The summed E-state index contributed by atoms with van der Waals surface area (Å²) in [5.41, 5.74) is 0.522. The first kappa shape index (κ1) is 26.7. The number of aromatic amines is 2. The predicted molar refractivity (Wildman–Crippen MR) is 117 cm³/mol. The number of hydrogen-bond donors (Lipinski definition) is 2. The molecule has 2 N–H and O–H groups in total. The fourth-order valence-corrected chi connectivity index (χ4v) is 3.67. The van der Waals surface area contributed by atoms with Gasteiger partial charge in [-0.3, -0.25) is 0 Å². The summed E-state index contributed by atoms with van der Waals surface area (Å²) in [7, 11) is 4.54. The number of nitrogens with one attached hydrogen (secondary N) is 2. The predicted octanol–water partition coefficient (Wildman–Crippen LogP) is -0.223. The Hall–Kier alpha value is -3.88. The number of H-pyrrole nitrogens is 2. The van der Waals surface area contributed by atoms with Gasteiger partial charge in [0.1, 0.15) is 18.3 Å². The van der Waals surface area contributed by atoms with Crippen LogP contribution in [0.2, 0.25) is 0 Å². The molecule has 0 unspecified atom stereocenters. The van der Waals surface area contributed by atoms with Crippen molar-refractivity contribution in [2.45, 2.75) is 31.5 Å². The van der Waals surface area contributed by atoms with E-state index in [1.54, 1.807) is 24.3 Å². The summed E-state index contributed by atoms with van der Waals surface area (Å²) in [5, 5.41) is 21.9. The first-order chi connectivity index (χ1) is 16.9. The van der Waals surface area contributed by atoms with E-state index >= 15 is 0 Å². The Labute approximate surface area is 202 Å². The van der Waals surface area contributed by atoms with E-state index in [1.807, 2.05) is 10.9 Å². The minimum atomic E-state index is -5.19. The lowest BCUT2D eigenvalue weighted by Gasteiger charge is -2.36. The smallest absolute Gasteiger partial charge is 0.430 e. The van der Waals surface area contributed by atoms with Crippen molar-refractivity contribution in [3.63, 3.8) is 0 Å². The van der Waals surface area contributed by atoms with E-state index in [0.717, 1.165) is 40.7 Å². The highest BCUT2D eigenvalue weighted by Crippen LogP contribution is 2.28. The van der Waals surface area contributed by atoms with Crippen LogP contribution in [0.15, 0.2) is 40.1 Å². The van der Waals surface area contributed by atoms with Crippen LogP contribution in [0.1, 0.15) is 24.5 Å². The SMILES string of the molecule is C[N+]1(C)CCC(c2cn(CCOc3ccc(-n4c(=O)[nH][nH]c4=O)cc3)nn2)CC1.O=C([O-])C(F)(F)F. The molecule has 0 saturated carbocycles. The number of benzene rings is 1. The summed E-state index contributed by atoms with van der Waals surface area (Å²) in [4.78, 5) is 32.0. The Morgan fingerprint density at radius 3 is 2.22 bits per heavy atom. The van der Waals surface area contributed by atoms with E-state index in [9.17, 15) is 22.8 Å². The van der Waals surface area contributed by atoms with Crippen molar-refractivity contribution < 1.29 is 32.3 Å². The molecule has 1 aliphatic heterocycles. The summed E-state index contributed by atoms with van der Waals surface area (Å²) in [6, 6.07) is 6.78. The zero-order valence-electron chi connectivity index (χ0n) is 19.6. The lowest BCUT2D eigenvalue weighted by atomic mass is 9.93. The second kappa shape index (κ2) is 10.8. The van der Waals surface area contributed by atoms with Crippen molar-refractivity contribution in [3.05, 3.63) is 57.1 Å². The molecule has 1 saturated heterocycles.